The lowest BCUT2D eigenvalue weighted by Crippen LogP contribution is -2.17. The molecule has 1 atom stereocenters. The highest BCUT2D eigenvalue weighted by molar-refractivity contribution is 7.14. The Kier molecular flexibility index (Phi) is 3.91. The fourth-order valence-corrected chi connectivity index (χ4v) is 2.42. The van der Waals surface area contributed by atoms with Crippen molar-refractivity contribution in [3.63, 3.8) is 0 Å². The third-order valence-electron chi connectivity index (χ3n) is 2.54. The van der Waals surface area contributed by atoms with Gasteiger partial charge in [-0.1, -0.05) is 25.2 Å². The lowest BCUT2D eigenvalue weighted by atomic mass is 10.3. The summed E-state index contributed by atoms with van der Waals surface area (Å²) >= 11 is 1.58. The van der Waals surface area contributed by atoms with Crippen LogP contribution >= 0.6 is 11.3 Å². The molecule has 2 rings (SSSR count). The highest BCUT2D eigenvalue weighted by atomic mass is 32.1. The monoisotopic (exact) mass is 251 g/mol. The first-order valence-electron chi connectivity index (χ1n) is 5.90. The second-order valence-corrected chi connectivity index (χ2v) is 4.85. The zero-order valence-electron chi connectivity index (χ0n) is 10.4. The maximum absolute atomic E-state index is 5.66. The third-order valence-corrected chi connectivity index (χ3v) is 3.66. The molecule has 5 heteroatoms. The molecule has 4 nitrogen and oxygen atoms in total. The van der Waals surface area contributed by atoms with Crippen molar-refractivity contribution in [2.45, 2.75) is 33.2 Å². The van der Waals surface area contributed by atoms with Crippen molar-refractivity contribution < 1.29 is 4.42 Å². The largest absolute Gasteiger partial charge is 0.459 e. The van der Waals surface area contributed by atoms with E-state index in [-0.39, 0.29) is 6.04 Å². The Morgan fingerprint density at radius 3 is 2.82 bits per heavy atom. The van der Waals surface area contributed by atoms with Gasteiger partial charge in [0.05, 0.1) is 6.04 Å². The van der Waals surface area contributed by atoms with Gasteiger partial charge in [-0.05, 0) is 25.6 Å². The van der Waals surface area contributed by atoms with Crippen LogP contribution < -0.4 is 5.32 Å². The Balaban J connectivity index is 2.17. The van der Waals surface area contributed by atoms with Gasteiger partial charge in [-0.3, -0.25) is 0 Å². The lowest BCUT2D eigenvalue weighted by molar-refractivity contribution is 0.528. The normalized spacial score (nSPS) is 12.9. The molecule has 0 spiro atoms. The zero-order valence-corrected chi connectivity index (χ0v) is 11.2. The Morgan fingerprint density at radius 2 is 2.18 bits per heavy atom. The summed E-state index contributed by atoms with van der Waals surface area (Å²) in [5.41, 5.74) is 0. The van der Waals surface area contributed by atoms with Crippen LogP contribution in [0.3, 0.4) is 0 Å². The molecule has 0 saturated carbocycles. The van der Waals surface area contributed by atoms with Crippen LogP contribution in [0.15, 0.2) is 16.5 Å². The van der Waals surface area contributed by atoms with Gasteiger partial charge in [0.15, 0.2) is 10.8 Å². The standard InChI is InChI=1S/C12H17N3OS/c1-4-9-6-7-10(16-9)12-15-14-11(17-12)8(3)13-5-2/h6-8,13H,4-5H2,1-3H3. The summed E-state index contributed by atoms with van der Waals surface area (Å²) in [5.74, 6) is 1.80. The van der Waals surface area contributed by atoms with Gasteiger partial charge in [0.25, 0.3) is 0 Å². The molecular weight excluding hydrogens is 234 g/mol. The highest BCUT2D eigenvalue weighted by Crippen LogP contribution is 2.28. The molecular formula is C12H17N3OS. The number of nitrogens with zero attached hydrogens (tertiary/aromatic N) is 2. The van der Waals surface area contributed by atoms with Crippen LogP contribution in [0.1, 0.15) is 37.6 Å². The molecule has 1 N–H and O–H groups in total. The third kappa shape index (κ3) is 2.73. The summed E-state index contributed by atoms with van der Waals surface area (Å²) in [6, 6.07) is 4.19. The van der Waals surface area contributed by atoms with Crippen molar-refractivity contribution in [2.75, 3.05) is 6.54 Å². The highest BCUT2D eigenvalue weighted by Gasteiger charge is 2.14. The van der Waals surface area contributed by atoms with Crippen LogP contribution in [0.4, 0.5) is 0 Å². The predicted molar refractivity (Wildman–Crippen MR) is 69.1 cm³/mol. The van der Waals surface area contributed by atoms with Crippen molar-refractivity contribution in [2.24, 2.45) is 0 Å². The fourth-order valence-electron chi connectivity index (χ4n) is 1.59. The maximum Gasteiger partial charge on any atom is 0.183 e. The minimum atomic E-state index is 0.242. The van der Waals surface area contributed by atoms with Crippen LogP contribution in [-0.2, 0) is 6.42 Å². The Bertz CT molecular complexity index is 478. The molecule has 0 aromatic carbocycles. The first kappa shape index (κ1) is 12.3. The lowest BCUT2D eigenvalue weighted by Gasteiger charge is -2.06. The summed E-state index contributed by atoms with van der Waals surface area (Å²) in [4.78, 5) is 0. The SMILES string of the molecule is CCNC(C)c1nnc(-c2ccc(CC)o2)s1. The molecule has 2 aromatic rings. The molecule has 0 amide bonds. The second-order valence-electron chi connectivity index (χ2n) is 3.84. The molecule has 2 aromatic heterocycles. The number of nitrogens with one attached hydrogen (secondary N) is 1. The van der Waals surface area contributed by atoms with Crippen molar-refractivity contribution in [3.8, 4) is 10.8 Å². The van der Waals surface area contributed by atoms with Gasteiger partial charge in [-0.15, -0.1) is 10.2 Å². The van der Waals surface area contributed by atoms with E-state index in [4.69, 9.17) is 4.42 Å². The number of hydrogen-bond acceptors (Lipinski definition) is 5. The summed E-state index contributed by atoms with van der Waals surface area (Å²) in [5, 5.41) is 13.5. The van der Waals surface area contributed by atoms with E-state index < -0.39 is 0 Å². The molecule has 2 heterocycles. The minimum Gasteiger partial charge on any atom is -0.459 e. The topological polar surface area (TPSA) is 51.0 Å². The van der Waals surface area contributed by atoms with Gasteiger partial charge >= 0.3 is 0 Å². The number of hydrogen-bond donors (Lipinski definition) is 1. The van der Waals surface area contributed by atoms with E-state index >= 15 is 0 Å². The summed E-state index contributed by atoms with van der Waals surface area (Å²) < 4.78 is 5.66. The number of aryl methyl sites for hydroxylation is 1. The van der Waals surface area contributed by atoms with E-state index in [0.29, 0.717) is 0 Å². The van der Waals surface area contributed by atoms with Crippen molar-refractivity contribution in [1.29, 1.82) is 0 Å². The van der Waals surface area contributed by atoms with E-state index in [2.05, 4.69) is 36.3 Å². The van der Waals surface area contributed by atoms with E-state index in [9.17, 15) is 0 Å². The van der Waals surface area contributed by atoms with Crippen LogP contribution in [0.5, 0.6) is 0 Å². The molecule has 0 aliphatic heterocycles. The van der Waals surface area contributed by atoms with Gasteiger partial charge in [0.2, 0.25) is 0 Å². The minimum absolute atomic E-state index is 0.242. The van der Waals surface area contributed by atoms with Gasteiger partial charge in [0, 0.05) is 6.42 Å². The average molecular weight is 251 g/mol. The second kappa shape index (κ2) is 5.42. The molecule has 92 valence electrons. The zero-order chi connectivity index (χ0) is 12.3. The quantitative estimate of drug-likeness (QED) is 0.887. The fraction of sp³-hybridized carbons (Fsp3) is 0.500. The van der Waals surface area contributed by atoms with Gasteiger partial charge in [0.1, 0.15) is 10.8 Å². The smallest absolute Gasteiger partial charge is 0.183 e. The van der Waals surface area contributed by atoms with Crippen molar-refractivity contribution in [3.05, 3.63) is 22.9 Å². The summed E-state index contributed by atoms with van der Waals surface area (Å²) in [6.45, 7) is 7.17. The van der Waals surface area contributed by atoms with E-state index in [0.717, 1.165) is 34.5 Å². The molecule has 0 saturated heterocycles. The summed E-state index contributed by atoms with van der Waals surface area (Å²) in [6.07, 6.45) is 0.902. The van der Waals surface area contributed by atoms with E-state index in [1.807, 2.05) is 12.1 Å². The van der Waals surface area contributed by atoms with E-state index in [1.165, 1.54) is 0 Å². The van der Waals surface area contributed by atoms with Gasteiger partial charge in [-0.25, -0.2) is 0 Å². The van der Waals surface area contributed by atoms with Crippen molar-refractivity contribution >= 4 is 11.3 Å². The van der Waals surface area contributed by atoms with Crippen molar-refractivity contribution in [1.82, 2.24) is 15.5 Å². The van der Waals surface area contributed by atoms with Crippen LogP contribution in [-0.4, -0.2) is 16.7 Å². The Labute approximate surface area is 105 Å². The predicted octanol–water partition coefficient (Wildman–Crippen LogP) is 3.03. The number of rotatable bonds is 5. The number of aromatic nitrogens is 2. The first-order chi connectivity index (χ1) is 8.24. The van der Waals surface area contributed by atoms with Crippen LogP contribution in [0.25, 0.3) is 10.8 Å². The molecule has 0 aliphatic rings. The Hall–Kier alpha value is -1.20. The van der Waals surface area contributed by atoms with Crippen LogP contribution in [0.2, 0.25) is 0 Å². The first-order valence-corrected chi connectivity index (χ1v) is 6.72. The maximum atomic E-state index is 5.66. The molecule has 0 fully saturated rings. The number of furan rings is 1. The van der Waals surface area contributed by atoms with Crippen LogP contribution in [0, 0.1) is 0 Å². The molecule has 0 aliphatic carbocycles. The molecule has 0 bridgehead atoms. The molecule has 0 radical (unpaired) electrons. The van der Waals surface area contributed by atoms with Gasteiger partial charge in [-0.2, -0.15) is 0 Å². The Morgan fingerprint density at radius 1 is 1.35 bits per heavy atom. The molecule has 1 unspecified atom stereocenters. The molecule has 17 heavy (non-hydrogen) atoms. The summed E-state index contributed by atoms with van der Waals surface area (Å²) in [7, 11) is 0. The average Bonchev–Trinajstić information content (AvgIpc) is 2.98. The van der Waals surface area contributed by atoms with E-state index in [1.54, 1.807) is 11.3 Å². The van der Waals surface area contributed by atoms with Gasteiger partial charge < -0.3 is 9.73 Å².